The van der Waals surface area contributed by atoms with Crippen molar-refractivity contribution in [2.45, 2.75) is 48.8 Å². The SMILES string of the molecule is O=C(O)C(O)C(O)C1OB(O)OC1CO.O=C(O)C(O)C(O)C1OB(O)OC1CO.[Ca]. The fraction of sp³-hybridized carbons (Fsp3) is 0.833. The van der Waals surface area contributed by atoms with Crippen LogP contribution in [0.3, 0.4) is 0 Å². The van der Waals surface area contributed by atoms with Gasteiger partial charge in [-0.3, -0.25) is 0 Å². The average Bonchev–Trinajstić information content (AvgIpc) is 3.27. The van der Waals surface area contributed by atoms with Crippen LogP contribution in [0.15, 0.2) is 0 Å². The van der Waals surface area contributed by atoms with Gasteiger partial charge in [0.15, 0.2) is 12.2 Å². The third-order valence-corrected chi connectivity index (χ3v) is 4.05. The van der Waals surface area contributed by atoms with Gasteiger partial charge in [-0.1, -0.05) is 0 Å². The molecule has 174 valence electrons. The summed E-state index contributed by atoms with van der Waals surface area (Å²) < 4.78 is 18.4. The van der Waals surface area contributed by atoms with Gasteiger partial charge in [-0.2, -0.15) is 0 Å². The van der Waals surface area contributed by atoms with E-state index in [0.717, 1.165) is 0 Å². The van der Waals surface area contributed by atoms with Crippen molar-refractivity contribution in [3.8, 4) is 0 Å². The van der Waals surface area contributed by atoms with E-state index in [1.807, 2.05) is 0 Å². The molecule has 19 heteroatoms. The van der Waals surface area contributed by atoms with Crippen LogP contribution in [0.25, 0.3) is 0 Å². The Labute approximate surface area is 204 Å². The Morgan fingerprint density at radius 1 is 0.710 bits per heavy atom. The first-order valence-corrected chi connectivity index (χ1v) is 8.32. The number of hydrogen-bond acceptors (Lipinski definition) is 14. The Morgan fingerprint density at radius 3 is 1.23 bits per heavy atom. The van der Waals surface area contributed by atoms with Gasteiger partial charge < -0.3 is 69.5 Å². The molecule has 2 aliphatic rings. The molecule has 10 N–H and O–H groups in total. The first-order chi connectivity index (χ1) is 13.9. The maximum Gasteiger partial charge on any atom is 0.637 e. The normalized spacial score (nSPS) is 29.3. The Hall–Kier alpha value is -0.150. The predicted molar refractivity (Wildman–Crippen MR) is 94.7 cm³/mol. The average molecular weight is 484 g/mol. The Kier molecular flexibility index (Phi) is 14.1. The minimum atomic E-state index is -2.07. The van der Waals surface area contributed by atoms with Gasteiger partial charge in [-0.15, -0.1) is 0 Å². The zero-order valence-corrected chi connectivity index (χ0v) is 18.0. The number of carboxylic acids is 2. The molecule has 2 saturated heterocycles. The molecule has 2 fully saturated rings. The number of hydrogen-bond donors (Lipinski definition) is 10. The number of carboxylic acid groups (broad SMARTS) is 2. The zero-order valence-electron chi connectivity index (χ0n) is 15.8. The molecule has 31 heavy (non-hydrogen) atoms. The molecule has 16 nitrogen and oxygen atoms in total. The summed E-state index contributed by atoms with van der Waals surface area (Å²) in [6, 6.07) is 0. The molecular formula is C12H22B2CaO16. The quantitative estimate of drug-likeness (QED) is 0.143. The Morgan fingerprint density at radius 2 is 1.00 bits per heavy atom. The molecule has 0 saturated carbocycles. The van der Waals surface area contributed by atoms with E-state index in [9.17, 15) is 19.8 Å². The Bertz CT molecular complexity index is 525. The van der Waals surface area contributed by atoms with Crippen molar-refractivity contribution in [2.75, 3.05) is 13.2 Å². The molecule has 2 heterocycles. The summed E-state index contributed by atoms with van der Waals surface area (Å²) in [4.78, 5) is 20.7. The van der Waals surface area contributed by atoms with E-state index in [1.54, 1.807) is 0 Å². The van der Waals surface area contributed by atoms with Gasteiger partial charge in [-0.25, -0.2) is 9.59 Å². The second kappa shape index (κ2) is 14.2. The van der Waals surface area contributed by atoms with Gasteiger partial charge >= 0.3 is 26.6 Å². The van der Waals surface area contributed by atoms with Crippen molar-refractivity contribution < 1.29 is 79.1 Å². The standard InChI is InChI=1S/2C6H11BO8.Ca/c2*8-1-2-5(15-7(13)14-2)3(9)4(10)6(11)12;/h2*2-5,8-10,13H,1H2,(H,11,12);. The summed E-state index contributed by atoms with van der Waals surface area (Å²) in [5.74, 6) is -3.27. The molecule has 2 radical (unpaired) electrons. The van der Waals surface area contributed by atoms with E-state index >= 15 is 0 Å². The first kappa shape index (κ1) is 30.8. The molecule has 8 unspecified atom stereocenters. The number of aliphatic hydroxyl groups excluding tert-OH is 6. The van der Waals surface area contributed by atoms with E-state index in [2.05, 4.69) is 18.6 Å². The van der Waals surface area contributed by atoms with Crippen LogP contribution in [0.2, 0.25) is 0 Å². The fourth-order valence-electron chi connectivity index (χ4n) is 2.51. The summed E-state index contributed by atoms with van der Waals surface area (Å²) in [6.45, 7) is -1.16. The van der Waals surface area contributed by atoms with Gasteiger partial charge in [0.25, 0.3) is 0 Å². The van der Waals surface area contributed by atoms with Crippen molar-refractivity contribution >= 4 is 64.3 Å². The second-order valence-corrected chi connectivity index (χ2v) is 6.08. The first-order valence-electron chi connectivity index (χ1n) is 8.32. The summed E-state index contributed by atoms with van der Waals surface area (Å²) in [5, 5.41) is 88.8. The zero-order chi connectivity index (χ0) is 23.2. The van der Waals surface area contributed by atoms with E-state index in [4.69, 9.17) is 40.7 Å². The van der Waals surface area contributed by atoms with E-state index in [1.165, 1.54) is 0 Å². The monoisotopic (exact) mass is 484 g/mol. The van der Waals surface area contributed by atoms with Gasteiger partial charge in [0, 0.05) is 37.7 Å². The van der Waals surface area contributed by atoms with Gasteiger partial charge in [0.2, 0.25) is 0 Å². The van der Waals surface area contributed by atoms with Crippen molar-refractivity contribution in [1.29, 1.82) is 0 Å². The van der Waals surface area contributed by atoms with Crippen LogP contribution in [0, 0.1) is 0 Å². The third kappa shape index (κ3) is 8.61. The van der Waals surface area contributed by atoms with Gasteiger partial charge in [-0.05, 0) is 0 Å². The number of carbonyl (C=O) groups is 2. The molecule has 0 spiro atoms. The summed E-state index contributed by atoms with van der Waals surface area (Å²) in [5.41, 5.74) is 0. The van der Waals surface area contributed by atoms with E-state index < -0.39 is 88.6 Å². The molecular weight excluding hydrogens is 462 g/mol. The number of aliphatic hydroxyl groups is 6. The van der Waals surface area contributed by atoms with Crippen LogP contribution in [0.5, 0.6) is 0 Å². The molecule has 2 aliphatic heterocycles. The smallest absolute Gasteiger partial charge is 0.479 e. The maximum absolute atomic E-state index is 10.3. The van der Waals surface area contributed by atoms with Crippen molar-refractivity contribution in [3.05, 3.63) is 0 Å². The topological polar surface area (TPSA) is 273 Å². The van der Waals surface area contributed by atoms with Crippen LogP contribution < -0.4 is 0 Å². The maximum atomic E-state index is 10.3. The van der Waals surface area contributed by atoms with Crippen molar-refractivity contribution in [1.82, 2.24) is 0 Å². The minimum Gasteiger partial charge on any atom is -0.479 e. The van der Waals surface area contributed by atoms with E-state index in [-0.39, 0.29) is 37.7 Å². The molecule has 8 atom stereocenters. The van der Waals surface area contributed by atoms with Crippen molar-refractivity contribution in [3.63, 3.8) is 0 Å². The number of rotatable bonds is 8. The predicted octanol–water partition coefficient (Wildman–Crippen LogP) is -7.29. The molecule has 0 bridgehead atoms. The van der Waals surface area contributed by atoms with Crippen LogP contribution in [0.4, 0.5) is 0 Å². The minimum absolute atomic E-state index is 0. The van der Waals surface area contributed by atoms with Gasteiger partial charge in [0.1, 0.15) is 24.4 Å². The van der Waals surface area contributed by atoms with Crippen LogP contribution in [-0.4, -0.2) is 177 Å². The van der Waals surface area contributed by atoms with Gasteiger partial charge in [0.05, 0.1) is 25.4 Å². The molecule has 0 amide bonds. The van der Waals surface area contributed by atoms with E-state index in [0.29, 0.717) is 0 Å². The summed E-state index contributed by atoms with van der Waals surface area (Å²) in [7, 11) is -3.30. The Balaban J connectivity index is 0.000000562. The largest absolute Gasteiger partial charge is 0.637 e. The van der Waals surface area contributed by atoms with Crippen molar-refractivity contribution in [2.24, 2.45) is 0 Å². The molecule has 0 aromatic carbocycles. The second-order valence-electron chi connectivity index (χ2n) is 6.08. The molecule has 0 aliphatic carbocycles. The molecule has 0 aromatic rings. The third-order valence-electron chi connectivity index (χ3n) is 4.05. The fourth-order valence-corrected chi connectivity index (χ4v) is 2.51. The van der Waals surface area contributed by atoms with Crippen LogP contribution >= 0.6 is 0 Å². The van der Waals surface area contributed by atoms with Crippen LogP contribution in [0.1, 0.15) is 0 Å². The number of aliphatic carboxylic acids is 2. The summed E-state index contributed by atoms with van der Waals surface area (Å²) >= 11 is 0. The molecule has 0 aromatic heterocycles. The summed E-state index contributed by atoms with van der Waals surface area (Å²) in [6.07, 6.45) is -12.5. The van der Waals surface area contributed by atoms with Crippen LogP contribution in [-0.2, 0) is 28.2 Å². The molecule has 2 rings (SSSR count).